The minimum atomic E-state index is -0.119. The summed E-state index contributed by atoms with van der Waals surface area (Å²) in [5.74, 6) is -0.0721. The number of aromatic hydroxyl groups is 1. The molecular formula is C13H19NO2. The van der Waals surface area contributed by atoms with Crippen molar-refractivity contribution in [3.05, 3.63) is 29.8 Å². The molecule has 1 amide bonds. The highest BCUT2D eigenvalue weighted by Crippen LogP contribution is 2.19. The zero-order valence-electron chi connectivity index (χ0n) is 10.1. The summed E-state index contributed by atoms with van der Waals surface area (Å²) in [5, 5.41) is 9.61. The zero-order chi connectivity index (χ0) is 12.1. The fourth-order valence-corrected chi connectivity index (χ4v) is 1.85. The number of amides is 1. The van der Waals surface area contributed by atoms with Crippen LogP contribution in [0.3, 0.4) is 0 Å². The average molecular weight is 221 g/mol. The van der Waals surface area contributed by atoms with Crippen LogP contribution in [-0.2, 0) is 0 Å². The second kappa shape index (κ2) is 5.54. The van der Waals surface area contributed by atoms with Gasteiger partial charge < -0.3 is 10.0 Å². The highest BCUT2D eigenvalue weighted by molar-refractivity contribution is 5.96. The molecule has 0 saturated carbocycles. The third-order valence-electron chi connectivity index (χ3n) is 2.95. The standard InChI is InChI=1S/C13H19NO2/c1-4-10(5-2)14(3)13(16)11-8-6-7-9-12(11)15/h6-10,15H,4-5H2,1-3H3. The lowest BCUT2D eigenvalue weighted by atomic mass is 10.1. The highest BCUT2D eigenvalue weighted by atomic mass is 16.3. The molecule has 1 N–H and O–H groups in total. The van der Waals surface area contributed by atoms with Crippen LogP contribution in [0.15, 0.2) is 24.3 Å². The minimum absolute atomic E-state index is 0.0466. The summed E-state index contributed by atoms with van der Waals surface area (Å²) in [6.07, 6.45) is 1.85. The number of benzene rings is 1. The first kappa shape index (κ1) is 12.6. The second-order valence-electron chi connectivity index (χ2n) is 3.90. The number of carbonyl (C=O) groups is 1. The van der Waals surface area contributed by atoms with Gasteiger partial charge in [-0.1, -0.05) is 26.0 Å². The minimum Gasteiger partial charge on any atom is -0.507 e. The van der Waals surface area contributed by atoms with Gasteiger partial charge in [-0.15, -0.1) is 0 Å². The third kappa shape index (κ3) is 2.54. The Hall–Kier alpha value is -1.51. The Morgan fingerprint density at radius 2 is 1.88 bits per heavy atom. The fourth-order valence-electron chi connectivity index (χ4n) is 1.85. The molecule has 0 saturated heterocycles. The molecule has 3 nitrogen and oxygen atoms in total. The van der Waals surface area contributed by atoms with E-state index in [1.165, 1.54) is 6.07 Å². The van der Waals surface area contributed by atoms with Crippen molar-refractivity contribution in [3.8, 4) is 5.75 Å². The summed E-state index contributed by atoms with van der Waals surface area (Å²) < 4.78 is 0. The summed E-state index contributed by atoms with van der Waals surface area (Å²) in [4.78, 5) is 13.8. The number of rotatable bonds is 4. The Labute approximate surface area is 96.7 Å². The van der Waals surface area contributed by atoms with Crippen molar-refractivity contribution >= 4 is 5.91 Å². The van der Waals surface area contributed by atoms with Gasteiger partial charge in [-0.2, -0.15) is 0 Å². The smallest absolute Gasteiger partial charge is 0.257 e. The van der Waals surface area contributed by atoms with Gasteiger partial charge in [-0.25, -0.2) is 0 Å². The van der Waals surface area contributed by atoms with E-state index in [9.17, 15) is 9.90 Å². The van der Waals surface area contributed by atoms with E-state index >= 15 is 0 Å². The highest BCUT2D eigenvalue weighted by Gasteiger charge is 2.20. The molecule has 0 bridgehead atoms. The molecular weight excluding hydrogens is 202 g/mol. The van der Waals surface area contributed by atoms with Crippen LogP contribution >= 0.6 is 0 Å². The van der Waals surface area contributed by atoms with Crippen LogP contribution in [-0.4, -0.2) is 29.0 Å². The molecule has 0 unspecified atom stereocenters. The molecule has 1 aromatic rings. The van der Waals surface area contributed by atoms with Crippen molar-refractivity contribution < 1.29 is 9.90 Å². The van der Waals surface area contributed by atoms with Gasteiger partial charge >= 0.3 is 0 Å². The Kier molecular flexibility index (Phi) is 4.35. The summed E-state index contributed by atoms with van der Waals surface area (Å²) in [5.41, 5.74) is 0.372. The Morgan fingerprint density at radius 3 is 2.38 bits per heavy atom. The van der Waals surface area contributed by atoms with Gasteiger partial charge in [0.1, 0.15) is 5.75 Å². The molecule has 0 heterocycles. The van der Waals surface area contributed by atoms with Crippen LogP contribution in [0.25, 0.3) is 0 Å². The average Bonchev–Trinajstić information content (AvgIpc) is 2.30. The van der Waals surface area contributed by atoms with Gasteiger partial charge in [0.15, 0.2) is 0 Å². The van der Waals surface area contributed by atoms with E-state index in [4.69, 9.17) is 0 Å². The largest absolute Gasteiger partial charge is 0.507 e. The van der Waals surface area contributed by atoms with E-state index < -0.39 is 0 Å². The van der Waals surface area contributed by atoms with Gasteiger partial charge in [0, 0.05) is 13.1 Å². The van der Waals surface area contributed by atoms with E-state index in [0.717, 1.165) is 12.8 Å². The number of hydrogen-bond donors (Lipinski definition) is 1. The van der Waals surface area contributed by atoms with Gasteiger partial charge in [-0.3, -0.25) is 4.79 Å². The Balaban J connectivity index is 2.90. The lowest BCUT2D eigenvalue weighted by Gasteiger charge is -2.26. The second-order valence-corrected chi connectivity index (χ2v) is 3.90. The van der Waals surface area contributed by atoms with Crippen LogP contribution in [0, 0.1) is 0 Å². The topological polar surface area (TPSA) is 40.5 Å². The number of phenolic OH excluding ortho intramolecular Hbond substituents is 1. The maximum absolute atomic E-state index is 12.1. The first-order chi connectivity index (χ1) is 7.61. The normalized spacial score (nSPS) is 10.5. The van der Waals surface area contributed by atoms with Crippen LogP contribution in [0.5, 0.6) is 5.75 Å². The van der Waals surface area contributed by atoms with E-state index in [2.05, 4.69) is 13.8 Å². The predicted molar refractivity (Wildman–Crippen MR) is 64.6 cm³/mol. The van der Waals surface area contributed by atoms with E-state index in [-0.39, 0.29) is 17.7 Å². The van der Waals surface area contributed by atoms with Crippen LogP contribution in [0.2, 0.25) is 0 Å². The maximum atomic E-state index is 12.1. The molecule has 88 valence electrons. The van der Waals surface area contributed by atoms with Crippen molar-refractivity contribution in [3.63, 3.8) is 0 Å². The number of nitrogens with zero attached hydrogens (tertiary/aromatic N) is 1. The molecule has 0 atom stereocenters. The van der Waals surface area contributed by atoms with Gasteiger partial charge in [0.05, 0.1) is 5.56 Å². The fraction of sp³-hybridized carbons (Fsp3) is 0.462. The van der Waals surface area contributed by atoms with E-state index in [1.54, 1.807) is 30.1 Å². The molecule has 1 rings (SSSR count). The maximum Gasteiger partial charge on any atom is 0.257 e. The number of hydrogen-bond acceptors (Lipinski definition) is 2. The van der Waals surface area contributed by atoms with Crippen LogP contribution in [0.4, 0.5) is 0 Å². The van der Waals surface area contributed by atoms with Crippen molar-refractivity contribution in [1.82, 2.24) is 4.90 Å². The first-order valence-corrected chi connectivity index (χ1v) is 5.66. The summed E-state index contributed by atoms with van der Waals surface area (Å²) >= 11 is 0. The first-order valence-electron chi connectivity index (χ1n) is 5.66. The molecule has 3 heteroatoms. The van der Waals surface area contributed by atoms with E-state index in [0.29, 0.717) is 5.56 Å². The Morgan fingerprint density at radius 1 is 1.31 bits per heavy atom. The molecule has 0 aliphatic heterocycles. The van der Waals surface area contributed by atoms with Crippen molar-refractivity contribution in [2.24, 2.45) is 0 Å². The molecule has 1 aromatic carbocycles. The molecule has 0 aliphatic carbocycles. The predicted octanol–water partition coefficient (Wildman–Crippen LogP) is 2.65. The van der Waals surface area contributed by atoms with Crippen LogP contribution in [0.1, 0.15) is 37.0 Å². The molecule has 0 aliphatic rings. The lowest BCUT2D eigenvalue weighted by Crippen LogP contribution is -2.36. The molecule has 0 radical (unpaired) electrons. The molecule has 0 spiro atoms. The zero-order valence-corrected chi connectivity index (χ0v) is 10.1. The monoisotopic (exact) mass is 221 g/mol. The summed E-state index contributed by atoms with van der Waals surface area (Å²) in [7, 11) is 1.78. The molecule has 0 aromatic heterocycles. The number of para-hydroxylation sites is 1. The summed E-state index contributed by atoms with van der Waals surface area (Å²) in [6, 6.07) is 6.88. The Bertz CT molecular complexity index is 359. The van der Waals surface area contributed by atoms with Gasteiger partial charge in [0.2, 0.25) is 0 Å². The number of carbonyl (C=O) groups excluding carboxylic acids is 1. The summed E-state index contributed by atoms with van der Waals surface area (Å²) in [6.45, 7) is 4.12. The van der Waals surface area contributed by atoms with Gasteiger partial charge in [0.25, 0.3) is 5.91 Å². The van der Waals surface area contributed by atoms with E-state index in [1.807, 2.05) is 0 Å². The van der Waals surface area contributed by atoms with Gasteiger partial charge in [-0.05, 0) is 25.0 Å². The number of phenols is 1. The van der Waals surface area contributed by atoms with Crippen LogP contribution < -0.4 is 0 Å². The quantitative estimate of drug-likeness (QED) is 0.849. The third-order valence-corrected chi connectivity index (χ3v) is 2.95. The molecule has 16 heavy (non-hydrogen) atoms. The van der Waals surface area contributed by atoms with Crippen molar-refractivity contribution in [2.45, 2.75) is 32.7 Å². The molecule has 0 fully saturated rings. The van der Waals surface area contributed by atoms with Crippen molar-refractivity contribution in [1.29, 1.82) is 0 Å². The van der Waals surface area contributed by atoms with Crippen molar-refractivity contribution in [2.75, 3.05) is 7.05 Å². The lowest BCUT2D eigenvalue weighted by molar-refractivity contribution is 0.0720. The SMILES string of the molecule is CCC(CC)N(C)C(=O)c1ccccc1O.